The first-order valence-electron chi connectivity index (χ1n) is 5.10. The van der Waals surface area contributed by atoms with E-state index in [9.17, 15) is 14.5 Å². The SMILES string of the molecule is C=CCn1nnnc1Sc1ccc([N+](=O)[O-])cc1F. The van der Waals surface area contributed by atoms with Gasteiger partial charge in [0.2, 0.25) is 5.16 Å². The van der Waals surface area contributed by atoms with E-state index in [0.29, 0.717) is 11.7 Å². The van der Waals surface area contributed by atoms with Crippen LogP contribution in [0.15, 0.2) is 40.9 Å². The van der Waals surface area contributed by atoms with E-state index in [0.717, 1.165) is 17.8 Å². The molecule has 0 aliphatic carbocycles. The summed E-state index contributed by atoms with van der Waals surface area (Å²) in [6, 6.07) is 3.42. The largest absolute Gasteiger partial charge is 0.272 e. The molecule has 19 heavy (non-hydrogen) atoms. The summed E-state index contributed by atoms with van der Waals surface area (Å²) in [5.74, 6) is -0.688. The minimum atomic E-state index is -0.688. The monoisotopic (exact) mass is 281 g/mol. The summed E-state index contributed by atoms with van der Waals surface area (Å²) in [6.45, 7) is 3.95. The van der Waals surface area contributed by atoms with E-state index in [4.69, 9.17) is 0 Å². The Balaban J connectivity index is 2.25. The molecule has 2 rings (SSSR count). The highest BCUT2D eigenvalue weighted by Gasteiger charge is 2.14. The Hall–Kier alpha value is -2.29. The topological polar surface area (TPSA) is 86.7 Å². The molecule has 0 radical (unpaired) electrons. The van der Waals surface area contributed by atoms with Gasteiger partial charge in [-0.25, -0.2) is 9.07 Å². The zero-order valence-corrected chi connectivity index (χ0v) is 10.4. The fraction of sp³-hybridized carbons (Fsp3) is 0.100. The van der Waals surface area contributed by atoms with Gasteiger partial charge < -0.3 is 0 Å². The molecule has 0 fully saturated rings. The van der Waals surface area contributed by atoms with Crippen LogP contribution in [0, 0.1) is 15.9 Å². The van der Waals surface area contributed by atoms with E-state index in [1.54, 1.807) is 6.08 Å². The first kappa shape index (κ1) is 13.1. The van der Waals surface area contributed by atoms with Crippen LogP contribution in [0.25, 0.3) is 0 Å². The van der Waals surface area contributed by atoms with Crippen LogP contribution < -0.4 is 0 Å². The summed E-state index contributed by atoms with van der Waals surface area (Å²) >= 11 is 0.989. The molecule has 0 atom stereocenters. The van der Waals surface area contributed by atoms with Crippen molar-refractivity contribution in [1.82, 2.24) is 20.2 Å². The number of aromatic nitrogens is 4. The van der Waals surface area contributed by atoms with E-state index >= 15 is 0 Å². The maximum atomic E-state index is 13.7. The predicted octanol–water partition coefficient (Wildman–Crippen LogP) is 2.06. The molecule has 9 heteroatoms. The average Bonchev–Trinajstić information content (AvgIpc) is 2.79. The van der Waals surface area contributed by atoms with E-state index in [-0.39, 0.29) is 10.6 Å². The first-order valence-corrected chi connectivity index (χ1v) is 5.92. The Morgan fingerprint density at radius 2 is 2.37 bits per heavy atom. The fourth-order valence-electron chi connectivity index (χ4n) is 1.29. The van der Waals surface area contributed by atoms with Crippen LogP contribution in [0.5, 0.6) is 0 Å². The first-order chi connectivity index (χ1) is 9.11. The number of tetrazole rings is 1. The summed E-state index contributed by atoms with van der Waals surface area (Å²) in [7, 11) is 0. The molecule has 1 aromatic heterocycles. The Kier molecular flexibility index (Phi) is 3.85. The van der Waals surface area contributed by atoms with Gasteiger partial charge in [-0.2, -0.15) is 0 Å². The third-order valence-corrected chi connectivity index (χ3v) is 3.15. The van der Waals surface area contributed by atoms with Crippen LogP contribution in [0.4, 0.5) is 10.1 Å². The highest BCUT2D eigenvalue weighted by atomic mass is 32.2. The molecule has 2 aromatic rings. The number of benzene rings is 1. The molecule has 1 aromatic carbocycles. The quantitative estimate of drug-likeness (QED) is 0.473. The minimum Gasteiger partial charge on any atom is -0.258 e. The van der Waals surface area contributed by atoms with Gasteiger partial charge in [0, 0.05) is 6.07 Å². The zero-order chi connectivity index (χ0) is 13.8. The molecule has 0 saturated heterocycles. The van der Waals surface area contributed by atoms with Crippen molar-refractivity contribution < 1.29 is 9.31 Å². The number of nitro benzene ring substituents is 1. The van der Waals surface area contributed by atoms with Gasteiger partial charge in [-0.15, -0.1) is 11.7 Å². The lowest BCUT2D eigenvalue weighted by atomic mass is 10.3. The summed E-state index contributed by atoms with van der Waals surface area (Å²) < 4.78 is 15.1. The molecule has 0 saturated carbocycles. The molecule has 0 bridgehead atoms. The summed E-state index contributed by atoms with van der Waals surface area (Å²) in [6.07, 6.45) is 1.60. The van der Waals surface area contributed by atoms with Crippen molar-refractivity contribution in [1.29, 1.82) is 0 Å². The Bertz CT molecular complexity index is 630. The van der Waals surface area contributed by atoms with Gasteiger partial charge in [-0.1, -0.05) is 6.08 Å². The van der Waals surface area contributed by atoms with E-state index in [1.807, 2.05) is 0 Å². The van der Waals surface area contributed by atoms with Crippen LogP contribution in [0.3, 0.4) is 0 Å². The number of hydrogen-bond acceptors (Lipinski definition) is 6. The summed E-state index contributed by atoms with van der Waals surface area (Å²) in [4.78, 5) is 10.1. The van der Waals surface area contributed by atoms with E-state index < -0.39 is 10.7 Å². The van der Waals surface area contributed by atoms with Gasteiger partial charge in [0.1, 0.15) is 5.82 Å². The van der Waals surface area contributed by atoms with Crippen LogP contribution in [-0.2, 0) is 6.54 Å². The highest BCUT2D eigenvalue weighted by molar-refractivity contribution is 7.99. The van der Waals surface area contributed by atoms with Crippen LogP contribution >= 0.6 is 11.8 Å². The molecule has 0 aliphatic heterocycles. The van der Waals surface area contributed by atoms with Gasteiger partial charge >= 0.3 is 0 Å². The van der Waals surface area contributed by atoms with E-state index in [2.05, 4.69) is 22.1 Å². The smallest absolute Gasteiger partial charge is 0.258 e. The number of nitro groups is 1. The molecule has 0 aliphatic rings. The number of hydrogen-bond donors (Lipinski definition) is 0. The molecule has 1 heterocycles. The third kappa shape index (κ3) is 2.94. The summed E-state index contributed by atoms with van der Waals surface area (Å²) in [5, 5.41) is 21.8. The van der Waals surface area contributed by atoms with Crippen molar-refractivity contribution in [3.8, 4) is 0 Å². The molecule has 0 spiro atoms. The number of allylic oxidation sites excluding steroid dienone is 1. The number of non-ortho nitro benzene ring substituents is 1. The normalized spacial score (nSPS) is 10.4. The lowest BCUT2D eigenvalue weighted by Gasteiger charge is -2.02. The zero-order valence-electron chi connectivity index (χ0n) is 9.56. The second-order valence-electron chi connectivity index (χ2n) is 3.41. The molecule has 0 unspecified atom stereocenters. The third-order valence-electron chi connectivity index (χ3n) is 2.13. The number of halogens is 1. The highest BCUT2D eigenvalue weighted by Crippen LogP contribution is 2.29. The van der Waals surface area contributed by atoms with Crippen molar-refractivity contribution in [2.45, 2.75) is 16.6 Å². The van der Waals surface area contributed by atoms with Gasteiger partial charge in [0.05, 0.1) is 22.4 Å². The van der Waals surface area contributed by atoms with E-state index in [1.165, 1.54) is 16.8 Å². The molecule has 0 N–H and O–H groups in total. The maximum Gasteiger partial charge on any atom is 0.272 e. The molecule has 7 nitrogen and oxygen atoms in total. The minimum absolute atomic E-state index is 0.214. The van der Waals surface area contributed by atoms with Gasteiger partial charge in [-0.05, 0) is 28.3 Å². The van der Waals surface area contributed by atoms with Crippen LogP contribution in [-0.4, -0.2) is 25.1 Å². The van der Waals surface area contributed by atoms with Crippen LogP contribution in [0.1, 0.15) is 0 Å². The van der Waals surface area contributed by atoms with Crippen molar-refractivity contribution in [2.75, 3.05) is 0 Å². The second-order valence-corrected chi connectivity index (χ2v) is 4.42. The standard InChI is InChI=1S/C10H8FN5O2S/c1-2-5-15-10(12-13-14-15)19-9-4-3-7(16(17)18)6-8(9)11/h2-4,6H,1,5H2. The second kappa shape index (κ2) is 5.57. The molecule has 98 valence electrons. The number of nitrogens with zero attached hydrogens (tertiary/aromatic N) is 5. The Morgan fingerprint density at radius 1 is 1.58 bits per heavy atom. The van der Waals surface area contributed by atoms with Crippen molar-refractivity contribution in [2.24, 2.45) is 0 Å². The Labute approximate surface area is 111 Å². The van der Waals surface area contributed by atoms with Crippen molar-refractivity contribution in [3.05, 3.63) is 46.8 Å². The lowest BCUT2D eigenvalue weighted by molar-refractivity contribution is -0.385. The molecule has 0 amide bonds. The van der Waals surface area contributed by atoms with Gasteiger partial charge in [-0.3, -0.25) is 10.1 Å². The summed E-state index contributed by atoms with van der Waals surface area (Å²) in [5.41, 5.74) is -0.299. The number of rotatable bonds is 5. The van der Waals surface area contributed by atoms with Crippen molar-refractivity contribution >= 4 is 17.4 Å². The van der Waals surface area contributed by atoms with Crippen molar-refractivity contribution in [3.63, 3.8) is 0 Å². The maximum absolute atomic E-state index is 13.7. The fourth-order valence-corrected chi connectivity index (χ4v) is 2.07. The van der Waals surface area contributed by atoms with Gasteiger partial charge in [0.25, 0.3) is 5.69 Å². The Morgan fingerprint density at radius 3 is 3.00 bits per heavy atom. The molecular weight excluding hydrogens is 273 g/mol. The predicted molar refractivity (Wildman–Crippen MR) is 65.2 cm³/mol. The lowest BCUT2D eigenvalue weighted by Crippen LogP contribution is -2.00. The van der Waals surface area contributed by atoms with Crippen LogP contribution in [0.2, 0.25) is 0 Å². The average molecular weight is 281 g/mol. The van der Waals surface area contributed by atoms with Gasteiger partial charge in [0.15, 0.2) is 0 Å². The molecular formula is C10H8FN5O2S.